The zero-order valence-corrected chi connectivity index (χ0v) is 15.8. The first-order valence-electron chi connectivity index (χ1n) is 8.48. The number of carbonyl (C=O) groups excluding carboxylic acids is 2. The minimum atomic E-state index is -0.753. The molecule has 2 amide bonds. The highest BCUT2D eigenvalue weighted by Gasteiger charge is 2.22. The standard InChI is InChI=1S/C20H21N3O3S/c1-2-26-19(24)18(14-27-13-16-6-4-3-5-7-16)23-20(25)22-17-10-8-15(12-21)9-11-17/h3-11,18H,2,13-14H2,1H3,(H2,22,23,25). The molecular weight excluding hydrogens is 362 g/mol. The molecule has 27 heavy (non-hydrogen) atoms. The molecule has 2 rings (SSSR count). The lowest BCUT2D eigenvalue weighted by Crippen LogP contribution is -2.45. The number of rotatable bonds is 8. The van der Waals surface area contributed by atoms with E-state index in [2.05, 4.69) is 10.6 Å². The first-order chi connectivity index (χ1) is 13.1. The zero-order chi connectivity index (χ0) is 19.5. The van der Waals surface area contributed by atoms with Gasteiger partial charge in [0.15, 0.2) is 0 Å². The molecule has 0 aromatic heterocycles. The molecule has 2 N–H and O–H groups in total. The number of nitriles is 1. The van der Waals surface area contributed by atoms with Crippen molar-refractivity contribution < 1.29 is 14.3 Å². The second kappa shape index (κ2) is 10.9. The number of carbonyl (C=O) groups is 2. The lowest BCUT2D eigenvalue weighted by atomic mass is 10.2. The van der Waals surface area contributed by atoms with E-state index in [1.807, 2.05) is 36.4 Å². The van der Waals surface area contributed by atoms with E-state index in [0.29, 0.717) is 17.0 Å². The molecule has 6 nitrogen and oxygen atoms in total. The summed E-state index contributed by atoms with van der Waals surface area (Å²) in [6.07, 6.45) is 0. The summed E-state index contributed by atoms with van der Waals surface area (Å²) in [6, 6.07) is 17.1. The summed E-state index contributed by atoms with van der Waals surface area (Å²) in [5, 5.41) is 14.1. The van der Waals surface area contributed by atoms with Gasteiger partial charge >= 0.3 is 12.0 Å². The first-order valence-corrected chi connectivity index (χ1v) is 9.64. The maximum Gasteiger partial charge on any atom is 0.329 e. The number of ether oxygens (including phenoxy) is 1. The second-order valence-corrected chi connectivity index (χ2v) is 6.62. The third kappa shape index (κ3) is 7.04. The number of urea groups is 1. The highest BCUT2D eigenvalue weighted by atomic mass is 32.2. The van der Waals surface area contributed by atoms with E-state index >= 15 is 0 Å². The topological polar surface area (TPSA) is 91.2 Å². The Kier molecular flexibility index (Phi) is 8.20. The Bertz CT molecular complexity index is 788. The Balaban J connectivity index is 1.90. The molecule has 0 heterocycles. The molecule has 0 saturated heterocycles. The fraction of sp³-hybridized carbons (Fsp3) is 0.250. The lowest BCUT2D eigenvalue weighted by Gasteiger charge is -2.17. The van der Waals surface area contributed by atoms with Gasteiger partial charge in [-0.3, -0.25) is 0 Å². The van der Waals surface area contributed by atoms with E-state index < -0.39 is 18.0 Å². The van der Waals surface area contributed by atoms with Crippen molar-refractivity contribution in [3.8, 4) is 6.07 Å². The molecule has 2 aromatic rings. The number of anilines is 1. The van der Waals surface area contributed by atoms with Gasteiger partial charge in [-0.1, -0.05) is 30.3 Å². The van der Waals surface area contributed by atoms with Crippen molar-refractivity contribution in [3.05, 3.63) is 65.7 Å². The highest BCUT2D eigenvalue weighted by molar-refractivity contribution is 7.98. The number of nitrogens with one attached hydrogen (secondary N) is 2. The van der Waals surface area contributed by atoms with Crippen LogP contribution in [-0.4, -0.2) is 30.4 Å². The van der Waals surface area contributed by atoms with Gasteiger partial charge in [-0.25, -0.2) is 9.59 Å². The molecule has 0 radical (unpaired) electrons. The number of thioether (sulfide) groups is 1. The molecule has 0 saturated carbocycles. The highest BCUT2D eigenvalue weighted by Crippen LogP contribution is 2.14. The summed E-state index contributed by atoms with van der Waals surface area (Å²) in [5.74, 6) is 0.664. The number of hydrogen-bond donors (Lipinski definition) is 2. The van der Waals surface area contributed by atoms with Gasteiger partial charge in [0.2, 0.25) is 0 Å². The quantitative estimate of drug-likeness (QED) is 0.680. The number of hydrogen-bond acceptors (Lipinski definition) is 5. The van der Waals surface area contributed by atoms with Crippen LogP contribution in [0.5, 0.6) is 0 Å². The van der Waals surface area contributed by atoms with Crippen LogP contribution < -0.4 is 10.6 Å². The molecule has 0 spiro atoms. The largest absolute Gasteiger partial charge is 0.464 e. The monoisotopic (exact) mass is 383 g/mol. The molecule has 0 aliphatic heterocycles. The molecule has 0 fully saturated rings. The Morgan fingerprint density at radius 1 is 1.15 bits per heavy atom. The third-order valence-electron chi connectivity index (χ3n) is 3.54. The zero-order valence-electron chi connectivity index (χ0n) is 15.0. The van der Waals surface area contributed by atoms with Crippen LogP contribution in [0.4, 0.5) is 10.5 Å². The van der Waals surface area contributed by atoms with E-state index in [-0.39, 0.29) is 6.61 Å². The summed E-state index contributed by atoms with van der Waals surface area (Å²) >= 11 is 1.54. The third-order valence-corrected chi connectivity index (χ3v) is 4.65. The molecule has 0 aliphatic carbocycles. The van der Waals surface area contributed by atoms with Crippen LogP contribution in [0.15, 0.2) is 54.6 Å². The molecular formula is C20H21N3O3S. The van der Waals surface area contributed by atoms with Gasteiger partial charge < -0.3 is 15.4 Å². The Labute approximate surface area is 162 Å². The average Bonchev–Trinajstić information content (AvgIpc) is 2.69. The van der Waals surface area contributed by atoms with Gasteiger partial charge in [-0.15, -0.1) is 0 Å². The summed E-state index contributed by atoms with van der Waals surface area (Å²) in [4.78, 5) is 24.4. The van der Waals surface area contributed by atoms with Crippen LogP contribution in [0.3, 0.4) is 0 Å². The van der Waals surface area contributed by atoms with Crippen molar-refractivity contribution in [1.29, 1.82) is 5.26 Å². The molecule has 140 valence electrons. The van der Waals surface area contributed by atoms with Gasteiger partial charge in [0.25, 0.3) is 0 Å². The van der Waals surface area contributed by atoms with E-state index in [1.165, 1.54) is 0 Å². The van der Waals surface area contributed by atoms with Gasteiger partial charge in [0, 0.05) is 17.2 Å². The van der Waals surface area contributed by atoms with Crippen molar-refractivity contribution in [3.63, 3.8) is 0 Å². The number of esters is 1. The normalized spacial score (nSPS) is 11.1. The van der Waals surface area contributed by atoms with Gasteiger partial charge in [-0.2, -0.15) is 17.0 Å². The molecule has 1 atom stereocenters. The van der Waals surface area contributed by atoms with Crippen molar-refractivity contribution in [2.24, 2.45) is 0 Å². The predicted octanol–water partition coefficient (Wildman–Crippen LogP) is 3.54. The van der Waals surface area contributed by atoms with Crippen molar-refractivity contribution >= 4 is 29.4 Å². The number of benzene rings is 2. The molecule has 0 bridgehead atoms. The van der Waals surface area contributed by atoms with Crippen LogP contribution in [0, 0.1) is 11.3 Å². The predicted molar refractivity (Wildman–Crippen MR) is 106 cm³/mol. The molecule has 1 unspecified atom stereocenters. The maximum atomic E-state index is 12.2. The maximum absolute atomic E-state index is 12.2. The smallest absolute Gasteiger partial charge is 0.329 e. The summed E-state index contributed by atoms with van der Waals surface area (Å²) in [5.41, 5.74) is 2.18. The summed E-state index contributed by atoms with van der Waals surface area (Å²) in [6.45, 7) is 1.97. The van der Waals surface area contributed by atoms with Crippen molar-refractivity contribution in [2.45, 2.75) is 18.7 Å². The Morgan fingerprint density at radius 2 is 1.85 bits per heavy atom. The lowest BCUT2D eigenvalue weighted by molar-refractivity contribution is -0.144. The minimum absolute atomic E-state index is 0.248. The van der Waals surface area contributed by atoms with Crippen LogP contribution in [0.2, 0.25) is 0 Å². The number of nitrogens with zero attached hydrogens (tertiary/aromatic N) is 1. The number of amides is 2. The van der Waals surface area contributed by atoms with E-state index in [4.69, 9.17) is 10.00 Å². The van der Waals surface area contributed by atoms with Gasteiger partial charge in [0.05, 0.1) is 18.2 Å². The summed E-state index contributed by atoms with van der Waals surface area (Å²) < 4.78 is 5.06. The van der Waals surface area contributed by atoms with Crippen molar-refractivity contribution in [1.82, 2.24) is 5.32 Å². The van der Waals surface area contributed by atoms with Gasteiger partial charge in [0.1, 0.15) is 6.04 Å². The van der Waals surface area contributed by atoms with Gasteiger partial charge in [-0.05, 0) is 36.8 Å². The van der Waals surface area contributed by atoms with Crippen LogP contribution >= 0.6 is 11.8 Å². The van der Waals surface area contributed by atoms with Crippen LogP contribution in [-0.2, 0) is 15.3 Å². The second-order valence-electron chi connectivity index (χ2n) is 5.59. The minimum Gasteiger partial charge on any atom is -0.464 e. The van der Waals surface area contributed by atoms with Crippen molar-refractivity contribution in [2.75, 3.05) is 17.7 Å². The Hall–Kier alpha value is -2.98. The average molecular weight is 383 g/mol. The van der Waals surface area contributed by atoms with Crippen LogP contribution in [0.1, 0.15) is 18.1 Å². The summed E-state index contributed by atoms with van der Waals surface area (Å²) in [7, 11) is 0. The Morgan fingerprint density at radius 3 is 2.48 bits per heavy atom. The molecule has 0 aliphatic rings. The van der Waals surface area contributed by atoms with E-state index in [0.717, 1.165) is 11.3 Å². The van der Waals surface area contributed by atoms with E-state index in [9.17, 15) is 9.59 Å². The first kappa shape index (κ1) is 20.3. The fourth-order valence-electron chi connectivity index (χ4n) is 2.23. The molecule has 7 heteroatoms. The molecule has 2 aromatic carbocycles. The SMILES string of the molecule is CCOC(=O)C(CSCc1ccccc1)NC(=O)Nc1ccc(C#N)cc1. The fourth-order valence-corrected chi connectivity index (χ4v) is 3.23. The van der Waals surface area contributed by atoms with E-state index in [1.54, 1.807) is 43.0 Å². The van der Waals surface area contributed by atoms with Crippen LogP contribution in [0.25, 0.3) is 0 Å².